The van der Waals surface area contributed by atoms with Crippen molar-refractivity contribution < 1.29 is 15.0 Å². The number of aryl methyl sites for hydroxylation is 1. The van der Waals surface area contributed by atoms with Gasteiger partial charge in [-0.25, -0.2) is 4.79 Å². The number of nitrogens with one attached hydrogen (secondary N) is 1. The number of hydrogen-bond donors (Lipinski definition) is 3. The van der Waals surface area contributed by atoms with E-state index in [1.165, 1.54) is 12.1 Å². The van der Waals surface area contributed by atoms with Crippen molar-refractivity contribution in [2.75, 3.05) is 0 Å². The van der Waals surface area contributed by atoms with Gasteiger partial charge in [0.25, 0.3) is 0 Å². The van der Waals surface area contributed by atoms with E-state index in [1.54, 1.807) is 6.92 Å². The van der Waals surface area contributed by atoms with Gasteiger partial charge in [0.2, 0.25) is 0 Å². The van der Waals surface area contributed by atoms with Crippen molar-refractivity contribution >= 4 is 28.5 Å². The monoisotopic (exact) mass is 225 g/mol. The van der Waals surface area contributed by atoms with Gasteiger partial charge in [0.05, 0.1) is 16.1 Å². The van der Waals surface area contributed by atoms with Gasteiger partial charge in [-0.2, -0.15) is 0 Å². The maximum absolute atomic E-state index is 11.0. The number of halogens is 1. The molecular formula is C10H8ClNO3. The predicted molar refractivity (Wildman–Crippen MR) is 56.7 cm³/mol. The molecule has 0 aliphatic rings. The summed E-state index contributed by atoms with van der Waals surface area (Å²) in [5.41, 5.74) is 1.29. The largest absolute Gasteiger partial charge is 0.506 e. The fourth-order valence-electron chi connectivity index (χ4n) is 1.61. The van der Waals surface area contributed by atoms with E-state index < -0.39 is 5.97 Å². The van der Waals surface area contributed by atoms with Crippen molar-refractivity contribution in [2.24, 2.45) is 0 Å². The Balaban J connectivity index is 2.87. The van der Waals surface area contributed by atoms with Crippen molar-refractivity contribution in [3.05, 3.63) is 28.4 Å². The maximum Gasteiger partial charge on any atom is 0.338 e. The number of aromatic amines is 1. The van der Waals surface area contributed by atoms with E-state index in [0.717, 1.165) is 0 Å². The van der Waals surface area contributed by atoms with Crippen LogP contribution in [0.5, 0.6) is 5.75 Å². The van der Waals surface area contributed by atoms with Gasteiger partial charge in [0.15, 0.2) is 0 Å². The average Bonchev–Trinajstić information content (AvgIpc) is 2.41. The Bertz CT molecular complexity index is 559. The molecule has 2 rings (SSSR count). The molecule has 0 fully saturated rings. The topological polar surface area (TPSA) is 73.3 Å². The third kappa shape index (κ3) is 1.43. The lowest BCUT2D eigenvalue weighted by Gasteiger charge is -1.97. The minimum Gasteiger partial charge on any atom is -0.506 e. The number of benzene rings is 1. The fourth-order valence-corrected chi connectivity index (χ4v) is 1.78. The van der Waals surface area contributed by atoms with E-state index in [1.807, 2.05) is 0 Å². The van der Waals surface area contributed by atoms with Crippen LogP contribution in [0.3, 0.4) is 0 Å². The smallest absolute Gasteiger partial charge is 0.338 e. The van der Waals surface area contributed by atoms with E-state index in [2.05, 4.69) is 4.98 Å². The molecule has 0 saturated carbocycles. The number of carboxylic acids is 1. The Morgan fingerprint density at radius 2 is 2.13 bits per heavy atom. The van der Waals surface area contributed by atoms with Crippen LogP contribution >= 0.6 is 11.6 Å². The summed E-state index contributed by atoms with van der Waals surface area (Å²) < 4.78 is 0. The van der Waals surface area contributed by atoms with Crippen LogP contribution in [0.25, 0.3) is 10.9 Å². The molecule has 15 heavy (non-hydrogen) atoms. The van der Waals surface area contributed by atoms with Crippen molar-refractivity contribution in [1.29, 1.82) is 0 Å². The van der Waals surface area contributed by atoms with Crippen LogP contribution in [0.4, 0.5) is 0 Å². The minimum absolute atomic E-state index is 0.0673. The highest BCUT2D eigenvalue weighted by Gasteiger charge is 2.16. The highest BCUT2D eigenvalue weighted by Crippen LogP contribution is 2.31. The lowest BCUT2D eigenvalue weighted by Crippen LogP contribution is -1.96. The molecule has 4 nitrogen and oxygen atoms in total. The van der Waals surface area contributed by atoms with Crippen LogP contribution in [0.1, 0.15) is 16.1 Å². The van der Waals surface area contributed by atoms with Gasteiger partial charge in [0, 0.05) is 17.1 Å². The molecule has 3 N–H and O–H groups in total. The molecule has 0 atom stereocenters. The number of aromatic nitrogens is 1. The molecule has 1 aromatic carbocycles. The number of carboxylic acid groups (broad SMARTS) is 1. The van der Waals surface area contributed by atoms with Gasteiger partial charge < -0.3 is 15.2 Å². The first-order valence-electron chi connectivity index (χ1n) is 4.25. The lowest BCUT2D eigenvalue weighted by atomic mass is 10.1. The highest BCUT2D eigenvalue weighted by molar-refractivity contribution is 6.33. The second-order valence-corrected chi connectivity index (χ2v) is 3.69. The van der Waals surface area contributed by atoms with Crippen molar-refractivity contribution in [3.63, 3.8) is 0 Å². The Labute approximate surface area is 90.1 Å². The van der Waals surface area contributed by atoms with E-state index >= 15 is 0 Å². The molecule has 0 bridgehead atoms. The standard InChI is InChI=1S/C10H8ClNO3/c1-4-9(10(14)15)5-2-6(11)8(13)3-7(5)12-4/h2-3,12-13H,1H3,(H,14,15). The Kier molecular flexibility index (Phi) is 2.08. The maximum atomic E-state index is 11.0. The number of phenolic OH excluding ortho intramolecular Hbond substituents is 1. The van der Waals surface area contributed by atoms with Crippen molar-refractivity contribution in [3.8, 4) is 5.75 Å². The van der Waals surface area contributed by atoms with Gasteiger partial charge in [0.1, 0.15) is 5.75 Å². The minimum atomic E-state index is -1.01. The summed E-state index contributed by atoms with van der Waals surface area (Å²) in [6.45, 7) is 1.66. The Morgan fingerprint density at radius 3 is 2.73 bits per heavy atom. The zero-order valence-electron chi connectivity index (χ0n) is 7.84. The number of aromatic hydroxyl groups is 1. The van der Waals surface area contributed by atoms with Gasteiger partial charge in [-0.15, -0.1) is 0 Å². The summed E-state index contributed by atoms with van der Waals surface area (Å²) in [6, 6.07) is 2.86. The SMILES string of the molecule is Cc1[nH]c2cc(O)c(Cl)cc2c1C(=O)O. The second kappa shape index (κ2) is 3.17. The van der Waals surface area contributed by atoms with Crippen LogP contribution in [-0.4, -0.2) is 21.2 Å². The first-order valence-corrected chi connectivity index (χ1v) is 4.62. The number of hydrogen-bond acceptors (Lipinski definition) is 2. The molecule has 0 radical (unpaired) electrons. The molecule has 0 spiro atoms. The summed E-state index contributed by atoms with van der Waals surface area (Å²) >= 11 is 5.72. The van der Waals surface area contributed by atoms with Crippen LogP contribution in [0.15, 0.2) is 12.1 Å². The number of H-pyrrole nitrogens is 1. The van der Waals surface area contributed by atoms with E-state index in [0.29, 0.717) is 16.6 Å². The first-order chi connectivity index (χ1) is 7.00. The number of fused-ring (bicyclic) bond motifs is 1. The summed E-state index contributed by atoms with van der Waals surface area (Å²) in [7, 11) is 0. The van der Waals surface area contributed by atoms with Crippen molar-refractivity contribution in [2.45, 2.75) is 6.92 Å². The number of rotatable bonds is 1. The number of aromatic carboxylic acids is 1. The van der Waals surface area contributed by atoms with Crippen LogP contribution in [0.2, 0.25) is 5.02 Å². The summed E-state index contributed by atoms with van der Waals surface area (Å²) in [4.78, 5) is 13.8. The van der Waals surface area contributed by atoms with Crippen molar-refractivity contribution in [1.82, 2.24) is 4.98 Å². The van der Waals surface area contributed by atoms with Crippen LogP contribution < -0.4 is 0 Å². The van der Waals surface area contributed by atoms with Crippen LogP contribution in [0, 0.1) is 6.92 Å². The quantitative estimate of drug-likeness (QED) is 0.698. The molecule has 0 saturated heterocycles. The molecule has 5 heteroatoms. The summed E-state index contributed by atoms with van der Waals surface area (Å²) in [5.74, 6) is -1.08. The molecule has 0 amide bonds. The highest BCUT2D eigenvalue weighted by atomic mass is 35.5. The van der Waals surface area contributed by atoms with E-state index in [9.17, 15) is 9.90 Å². The molecule has 2 aromatic rings. The molecule has 1 heterocycles. The molecule has 0 aliphatic carbocycles. The second-order valence-electron chi connectivity index (χ2n) is 3.28. The summed E-state index contributed by atoms with van der Waals surface area (Å²) in [5, 5.41) is 19.0. The third-order valence-corrected chi connectivity index (χ3v) is 2.57. The lowest BCUT2D eigenvalue weighted by molar-refractivity contribution is 0.0698. The van der Waals surface area contributed by atoms with Gasteiger partial charge in [-0.05, 0) is 13.0 Å². The Morgan fingerprint density at radius 1 is 1.47 bits per heavy atom. The van der Waals surface area contributed by atoms with E-state index in [4.69, 9.17) is 16.7 Å². The normalized spacial score (nSPS) is 10.8. The van der Waals surface area contributed by atoms with E-state index in [-0.39, 0.29) is 16.3 Å². The molecule has 0 aliphatic heterocycles. The molecule has 1 aromatic heterocycles. The molecular weight excluding hydrogens is 218 g/mol. The van der Waals surface area contributed by atoms with Gasteiger partial charge in [-0.1, -0.05) is 11.6 Å². The summed E-state index contributed by atoms with van der Waals surface area (Å²) in [6.07, 6.45) is 0. The third-order valence-electron chi connectivity index (χ3n) is 2.27. The first kappa shape index (κ1) is 9.86. The zero-order valence-corrected chi connectivity index (χ0v) is 8.59. The Hall–Kier alpha value is -1.68. The predicted octanol–water partition coefficient (Wildman–Crippen LogP) is 2.53. The van der Waals surface area contributed by atoms with Crippen LogP contribution in [-0.2, 0) is 0 Å². The molecule has 0 unspecified atom stereocenters. The van der Waals surface area contributed by atoms with Gasteiger partial charge >= 0.3 is 5.97 Å². The fraction of sp³-hybridized carbons (Fsp3) is 0.100. The van der Waals surface area contributed by atoms with Gasteiger partial charge in [-0.3, -0.25) is 0 Å². The average molecular weight is 226 g/mol. The number of carbonyl (C=O) groups is 1. The number of phenols is 1. The zero-order chi connectivity index (χ0) is 11.2. The molecule has 78 valence electrons.